The molecule has 1 saturated carbocycles. The zero-order valence-corrected chi connectivity index (χ0v) is 25.0. The standard InChI is InChI=1S/C37H31F3N4O2/c38-37(39,40)29-12-5-11-27(19-29)26-10-4-7-24(17-26)18-33(45)44-16-6-13-32-31(23-44)34(46)43-35(42-32)36(14-15-36)30-20-28(21-41-22-30)25-8-2-1-3-9-25/h1-5,7-12,17,19-22H,6,13-16,18,23H2,(H,42,43,46). The van der Waals surface area contributed by atoms with E-state index in [1.165, 1.54) is 6.07 Å². The van der Waals surface area contributed by atoms with E-state index in [1.54, 1.807) is 35.2 Å². The minimum atomic E-state index is -4.44. The van der Waals surface area contributed by atoms with Crippen molar-refractivity contribution in [2.45, 2.75) is 50.2 Å². The van der Waals surface area contributed by atoms with Crippen LogP contribution in [0, 0.1) is 0 Å². The summed E-state index contributed by atoms with van der Waals surface area (Å²) in [5.74, 6) is 0.495. The van der Waals surface area contributed by atoms with Crippen LogP contribution in [0.1, 0.15) is 53.0 Å². The van der Waals surface area contributed by atoms with Crippen LogP contribution in [0.2, 0.25) is 0 Å². The van der Waals surface area contributed by atoms with Crippen molar-refractivity contribution in [3.8, 4) is 22.3 Å². The van der Waals surface area contributed by atoms with Crippen LogP contribution in [0.5, 0.6) is 0 Å². The zero-order chi connectivity index (χ0) is 31.9. The molecule has 46 heavy (non-hydrogen) atoms. The third-order valence-corrected chi connectivity index (χ3v) is 9.05. The topological polar surface area (TPSA) is 79.0 Å². The molecule has 1 aliphatic heterocycles. The molecule has 0 radical (unpaired) electrons. The molecule has 0 unspecified atom stereocenters. The van der Waals surface area contributed by atoms with Gasteiger partial charge in [0.1, 0.15) is 5.82 Å². The summed E-state index contributed by atoms with van der Waals surface area (Å²) < 4.78 is 39.8. The summed E-state index contributed by atoms with van der Waals surface area (Å²) in [7, 11) is 0. The van der Waals surface area contributed by atoms with Crippen LogP contribution >= 0.6 is 0 Å². The lowest BCUT2D eigenvalue weighted by molar-refractivity contribution is -0.137. The quantitative estimate of drug-likeness (QED) is 0.219. The number of amides is 1. The number of halogens is 3. The lowest BCUT2D eigenvalue weighted by atomic mass is 9.93. The zero-order valence-electron chi connectivity index (χ0n) is 25.0. The number of hydrogen-bond acceptors (Lipinski definition) is 4. The number of rotatable bonds is 6. The smallest absolute Gasteiger partial charge is 0.338 e. The maximum absolute atomic E-state index is 13.5. The van der Waals surface area contributed by atoms with E-state index in [1.807, 2.05) is 42.7 Å². The van der Waals surface area contributed by atoms with Gasteiger partial charge >= 0.3 is 6.18 Å². The third kappa shape index (κ3) is 5.85. The van der Waals surface area contributed by atoms with Gasteiger partial charge in [0.05, 0.1) is 35.2 Å². The Morgan fingerprint density at radius 3 is 2.37 bits per heavy atom. The van der Waals surface area contributed by atoms with Crippen molar-refractivity contribution in [1.29, 1.82) is 0 Å². The molecule has 0 spiro atoms. The Morgan fingerprint density at radius 2 is 1.61 bits per heavy atom. The molecule has 9 heteroatoms. The number of alkyl halides is 3. The monoisotopic (exact) mass is 620 g/mol. The average molecular weight is 621 g/mol. The van der Waals surface area contributed by atoms with Gasteiger partial charge in [0.2, 0.25) is 5.91 Å². The van der Waals surface area contributed by atoms with Crippen molar-refractivity contribution in [1.82, 2.24) is 19.9 Å². The second-order valence-electron chi connectivity index (χ2n) is 12.1. The van der Waals surface area contributed by atoms with Crippen LogP contribution < -0.4 is 5.56 Å². The van der Waals surface area contributed by atoms with Crippen LogP contribution in [0.15, 0.2) is 102 Å². The fourth-order valence-electron chi connectivity index (χ4n) is 6.36. The van der Waals surface area contributed by atoms with Crippen molar-refractivity contribution in [2.75, 3.05) is 6.54 Å². The van der Waals surface area contributed by atoms with Crippen molar-refractivity contribution in [2.24, 2.45) is 0 Å². The number of nitrogens with zero attached hydrogens (tertiary/aromatic N) is 3. The first-order valence-electron chi connectivity index (χ1n) is 15.4. The van der Waals surface area contributed by atoms with E-state index in [9.17, 15) is 22.8 Å². The van der Waals surface area contributed by atoms with E-state index in [-0.39, 0.29) is 24.4 Å². The maximum Gasteiger partial charge on any atom is 0.416 e. The number of H-pyrrole nitrogens is 1. The van der Waals surface area contributed by atoms with Crippen molar-refractivity contribution < 1.29 is 18.0 Å². The highest BCUT2D eigenvalue weighted by atomic mass is 19.4. The van der Waals surface area contributed by atoms with Gasteiger partial charge in [-0.25, -0.2) is 4.98 Å². The Morgan fingerprint density at radius 1 is 0.870 bits per heavy atom. The van der Waals surface area contributed by atoms with Crippen LogP contribution in [-0.4, -0.2) is 32.3 Å². The van der Waals surface area contributed by atoms with Crippen LogP contribution in [-0.2, 0) is 35.8 Å². The lowest BCUT2D eigenvalue weighted by Gasteiger charge is -2.21. The summed E-state index contributed by atoms with van der Waals surface area (Å²) in [6.45, 7) is 0.633. The van der Waals surface area contributed by atoms with Gasteiger partial charge in [-0.1, -0.05) is 66.7 Å². The molecule has 2 aromatic heterocycles. The van der Waals surface area contributed by atoms with Gasteiger partial charge in [0.25, 0.3) is 5.56 Å². The van der Waals surface area contributed by atoms with Gasteiger partial charge in [-0.15, -0.1) is 0 Å². The largest absolute Gasteiger partial charge is 0.416 e. The number of nitrogens with one attached hydrogen (secondary N) is 1. The predicted octanol–water partition coefficient (Wildman–Crippen LogP) is 7.12. The van der Waals surface area contributed by atoms with E-state index < -0.39 is 17.2 Å². The van der Waals surface area contributed by atoms with Gasteiger partial charge in [-0.05, 0) is 71.7 Å². The van der Waals surface area contributed by atoms with Gasteiger partial charge < -0.3 is 9.88 Å². The molecule has 0 saturated heterocycles. The summed E-state index contributed by atoms with van der Waals surface area (Å²) in [6, 6.07) is 24.3. The maximum atomic E-state index is 13.5. The van der Waals surface area contributed by atoms with E-state index in [0.29, 0.717) is 47.5 Å². The molecule has 0 bridgehead atoms. The van der Waals surface area contributed by atoms with Gasteiger partial charge in [-0.2, -0.15) is 13.2 Å². The molecule has 1 aliphatic carbocycles. The molecule has 3 heterocycles. The van der Waals surface area contributed by atoms with Gasteiger partial charge in [0.15, 0.2) is 0 Å². The van der Waals surface area contributed by atoms with E-state index in [0.717, 1.165) is 47.4 Å². The molecule has 6 nitrogen and oxygen atoms in total. The predicted molar refractivity (Wildman–Crippen MR) is 169 cm³/mol. The van der Waals surface area contributed by atoms with Crippen molar-refractivity contribution >= 4 is 5.91 Å². The Bertz CT molecular complexity index is 1980. The summed E-state index contributed by atoms with van der Waals surface area (Å²) >= 11 is 0. The number of benzene rings is 3. The van der Waals surface area contributed by atoms with Crippen LogP contribution in [0.4, 0.5) is 13.2 Å². The minimum Gasteiger partial charge on any atom is -0.338 e. The SMILES string of the molecule is O=C(Cc1cccc(-c2cccc(C(F)(F)F)c2)c1)N1CCCc2nc(C3(c4cncc(-c5ccccc5)c4)CC3)[nH]c(=O)c2C1. The molecule has 1 fully saturated rings. The molecule has 232 valence electrons. The Labute approximate surface area is 264 Å². The summed E-state index contributed by atoms with van der Waals surface area (Å²) in [5, 5.41) is 0. The fraction of sp³-hybridized carbons (Fsp3) is 0.243. The number of aromatic nitrogens is 3. The number of pyridine rings is 1. The van der Waals surface area contributed by atoms with Gasteiger partial charge in [-0.3, -0.25) is 14.6 Å². The summed E-state index contributed by atoms with van der Waals surface area (Å²) in [4.78, 5) is 41.3. The minimum absolute atomic E-state index is 0.0689. The average Bonchev–Trinajstić information content (AvgIpc) is 3.90. The second-order valence-corrected chi connectivity index (χ2v) is 12.1. The first kappa shape index (κ1) is 29.6. The normalized spacial score (nSPS) is 15.6. The Kier molecular flexibility index (Phi) is 7.55. The first-order chi connectivity index (χ1) is 22.2. The number of carbonyl (C=O) groups excluding carboxylic acids is 1. The summed E-state index contributed by atoms with van der Waals surface area (Å²) in [6.07, 6.45) is 2.29. The molecule has 0 atom stereocenters. The molecular formula is C37H31F3N4O2. The fourth-order valence-corrected chi connectivity index (χ4v) is 6.36. The number of hydrogen-bond donors (Lipinski definition) is 1. The number of fused-ring (bicyclic) bond motifs is 1. The third-order valence-electron chi connectivity index (χ3n) is 9.05. The highest BCUT2D eigenvalue weighted by Gasteiger charge is 2.49. The van der Waals surface area contributed by atoms with Crippen LogP contribution in [0.3, 0.4) is 0 Å². The molecule has 2 aliphatic rings. The molecular weight excluding hydrogens is 589 g/mol. The number of aromatic amines is 1. The molecule has 7 rings (SSSR count). The Balaban J connectivity index is 1.10. The first-order valence-corrected chi connectivity index (χ1v) is 15.4. The Hall–Kier alpha value is -5.05. The van der Waals surface area contributed by atoms with Crippen molar-refractivity contribution in [3.63, 3.8) is 0 Å². The van der Waals surface area contributed by atoms with E-state index in [2.05, 4.69) is 16.0 Å². The molecule has 3 aromatic carbocycles. The highest BCUT2D eigenvalue weighted by molar-refractivity contribution is 5.79. The highest BCUT2D eigenvalue weighted by Crippen LogP contribution is 2.52. The van der Waals surface area contributed by atoms with Crippen molar-refractivity contribution in [3.05, 3.63) is 141 Å². The summed E-state index contributed by atoms with van der Waals surface area (Å²) in [5.41, 5.74) is 4.70. The second kappa shape index (κ2) is 11.7. The van der Waals surface area contributed by atoms with E-state index >= 15 is 0 Å². The molecule has 1 amide bonds. The molecule has 5 aromatic rings. The number of aryl methyl sites for hydroxylation is 1. The van der Waals surface area contributed by atoms with E-state index in [4.69, 9.17) is 4.98 Å². The van der Waals surface area contributed by atoms with Crippen LogP contribution in [0.25, 0.3) is 22.3 Å². The van der Waals surface area contributed by atoms with Gasteiger partial charge in [0, 0.05) is 24.5 Å². The molecule has 1 N–H and O–H groups in total. The number of carbonyl (C=O) groups is 1. The lowest BCUT2D eigenvalue weighted by Crippen LogP contribution is -2.34.